The Kier molecular flexibility index (Phi) is 7.75. The first-order valence-corrected chi connectivity index (χ1v) is 13.9. The van der Waals surface area contributed by atoms with Gasteiger partial charge >= 0.3 is 20.1 Å². The molecular weight excluding hydrogens is 691 g/mol. The molecule has 204 valence electrons. The number of anilines is 1. The standard InChI is InChI=1S/C21H12N.C17H16N2.Ir/c1-2-7-14(8-3-1)20-13-18-16-10-5-4-9-15(16)17-11-6-12-19(22-20)21(17)18;1-13-7-6-8-14(2)16(13)19-12-11-18-17(19)15-9-4-3-5-10-15;/h1-7,9-13H;3-9,11-12,17H,1-2H3;/q-1;-2;+3. The molecule has 0 spiro atoms. The Hall–Kier alpha value is -4.50. The molecule has 0 saturated carbocycles. The van der Waals surface area contributed by atoms with E-state index in [1.807, 2.05) is 48.8 Å². The van der Waals surface area contributed by atoms with E-state index < -0.39 is 0 Å². The van der Waals surface area contributed by atoms with Crippen molar-refractivity contribution in [3.05, 3.63) is 162 Å². The predicted octanol–water partition coefficient (Wildman–Crippen LogP) is 9.81. The van der Waals surface area contributed by atoms with E-state index in [2.05, 4.69) is 115 Å². The predicted molar refractivity (Wildman–Crippen MR) is 169 cm³/mol. The minimum absolute atomic E-state index is 0. The van der Waals surface area contributed by atoms with Crippen LogP contribution >= 0.6 is 0 Å². The molecule has 1 aliphatic carbocycles. The summed E-state index contributed by atoms with van der Waals surface area (Å²) < 4.78 is 0. The van der Waals surface area contributed by atoms with Gasteiger partial charge in [-0.2, -0.15) is 42.1 Å². The Morgan fingerprint density at radius 3 is 2.07 bits per heavy atom. The molecule has 3 nitrogen and oxygen atoms in total. The molecule has 4 heteroatoms. The first-order valence-electron chi connectivity index (χ1n) is 13.9. The number of rotatable bonds is 3. The van der Waals surface area contributed by atoms with Crippen molar-refractivity contribution in [2.75, 3.05) is 4.90 Å². The number of para-hydroxylation sites is 1. The van der Waals surface area contributed by atoms with Gasteiger partial charge in [-0.25, -0.2) is 0 Å². The van der Waals surface area contributed by atoms with Crippen LogP contribution in [0.25, 0.3) is 49.7 Å². The molecule has 1 atom stereocenters. The molecule has 2 heterocycles. The smallest absolute Gasteiger partial charge is 0.668 e. The van der Waals surface area contributed by atoms with Crippen LogP contribution in [0, 0.1) is 26.0 Å². The molecule has 8 rings (SSSR count). The molecule has 1 unspecified atom stereocenters. The van der Waals surface area contributed by atoms with Crippen LogP contribution in [0.15, 0.2) is 128 Å². The summed E-state index contributed by atoms with van der Waals surface area (Å²) in [4.78, 5) is 7.08. The Balaban J connectivity index is 0.000000149. The summed E-state index contributed by atoms with van der Waals surface area (Å²) in [5.41, 5.74) is 13.1. The van der Waals surface area contributed by atoms with Gasteiger partial charge in [0.2, 0.25) is 0 Å². The summed E-state index contributed by atoms with van der Waals surface area (Å²) in [5, 5.41) is 5.83. The Bertz CT molecular complexity index is 1880. The molecule has 0 radical (unpaired) electrons. The van der Waals surface area contributed by atoms with Crippen molar-refractivity contribution in [2.24, 2.45) is 0 Å². The maximum atomic E-state index is 4.86. The van der Waals surface area contributed by atoms with Crippen molar-refractivity contribution in [2.45, 2.75) is 20.0 Å². The van der Waals surface area contributed by atoms with Gasteiger partial charge in [-0.1, -0.05) is 60.7 Å². The molecule has 0 saturated heterocycles. The van der Waals surface area contributed by atoms with Gasteiger partial charge in [0.05, 0.1) is 5.52 Å². The molecule has 2 aliphatic rings. The quantitative estimate of drug-likeness (QED) is 0.170. The SMILES string of the molecule is Cc1cccc(C)c1N1C=C[N-]C1c1[c-]cccc1.[Ir+3].[c-]1ccccc1-c1cc2c3c(cccc3n1)-c1ccccc1-2. The van der Waals surface area contributed by atoms with E-state index in [-0.39, 0.29) is 26.3 Å². The number of aryl methyl sites for hydroxylation is 2. The first-order chi connectivity index (χ1) is 20.2. The number of nitrogens with zero attached hydrogens (tertiary/aromatic N) is 3. The largest absolute Gasteiger partial charge is 3.00 e. The van der Waals surface area contributed by atoms with Crippen LogP contribution in [-0.2, 0) is 20.1 Å². The van der Waals surface area contributed by atoms with Gasteiger partial charge in [0.1, 0.15) is 0 Å². The molecule has 42 heavy (non-hydrogen) atoms. The van der Waals surface area contributed by atoms with Gasteiger partial charge in [-0.15, -0.1) is 35.9 Å². The Labute approximate surface area is 260 Å². The van der Waals surface area contributed by atoms with Gasteiger partial charge in [0.25, 0.3) is 0 Å². The fraction of sp³-hybridized carbons (Fsp3) is 0.0789. The molecule has 0 fully saturated rings. The van der Waals surface area contributed by atoms with E-state index >= 15 is 0 Å². The van der Waals surface area contributed by atoms with Crippen molar-refractivity contribution in [3.8, 4) is 33.5 Å². The third-order valence-electron chi connectivity index (χ3n) is 7.75. The maximum absolute atomic E-state index is 4.86. The zero-order chi connectivity index (χ0) is 27.8. The van der Waals surface area contributed by atoms with E-state index in [1.165, 1.54) is 44.5 Å². The molecule has 5 aromatic carbocycles. The summed E-state index contributed by atoms with van der Waals surface area (Å²) in [6.45, 7) is 4.28. The van der Waals surface area contributed by atoms with Crippen LogP contribution in [0.3, 0.4) is 0 Å². The number of pyridine rings is 1. The molecule has 0 amide bonds. The monoisotopic (exact) mass is 719 g/mol. The number of aromatic nitrogens is 1. The zero-order valence-corrected chi connectivity index (χ0v) is 25.8. The van der Waals surface area contributed by atoms with E-state index in [1.54, 1.807) is 0 Å². The second kappa shape index (κ2) is 11.8. The first kappa shape index (κ1) is 27.7. The zero-order valence-electron chi connectivity index (χ0n) is 23.4. The average Bonchev–Trinajstić information content (AvgIpc) is 3.63. The van der Waals surface area contributed by atoms with Crippen LogP contribution in [0.2, 0.25) is 0 Å². The fourth-order valence-corrected chi connectivity index (χ4v) is 5.92. The van der Waals surface area contributed by atoms with E-state index in [0.717, 1.165) is 22.3 Å². The van der Waals surface area contributed by atoms with Crippen molar-refractivity contribution in [3.63, 3.8) is 0 Å². The minimum Gasteiger partial charge on any atom is -0.668 e. The average molecular weight is 719 g/mol. The van der Waals surface area contributed by atoms with E-state index in [9.17, 15) is 0 Å². The number of hydrogen-bond donors (Lipinski definition) is 0. The summed E-state index contributed by atoms with van der Waals surface area (Å²) >= 11 is 0. The molecular formula is C38H28IrN3. The molecule has 6 aromatic rings. The summed E-state index contributed by atoms with van der Waals surface area (Å²) in [7, 11) is 0. The van der Waals surface area contributed by atoms with E-state index in [0.29, 0.717) is 0 Å². The summed E-state index contributed by atoms with van der Waals surface area (Å²) in [5.74, 6) is 0. The van der Waals surface area contributed by atoms with Crippen molar-refractivity contribution >= 4 is 16.6 Å². The fourth-order valence-electron chi connectivity index (χ4n) is 5.92. The van der Waals surface area contributed by atoms with Gasteiger partial charge < -0.3 is 10.2 Å². The number of hydrogen-bond acceptors (Lipinski definition) is 2. The Morgan fingerprint density at radius 2 is 1.36 bits per heavy atom. The second-order valence-corrected chi connectivity index (χ2v) is 10.4. The van der Waals surface area contributed by atoms with Gasteiger partial charge in [0.15, 0.2) is 0 Å². The van der Waals surface area contributed by atoms with Gasteiger partial charge in [0, 0.05) is 11.1 Å². The van der Waals surface area contributed by atoms with Crippen LogP contribution in [0.5, 0.6) is 0 Å². The van der Waals surface area contributed by atoms with Gasteiger partial charge in [-0.3, -0.25) is 4.98 Å². The third kappa shape index (κ3) is 4.94. The molecule has 0 N–H and O–H groups in total. The summed E-state index contributed by atoms with van der Waals surface area (Å²) in [6.07, 6.45) is 3.92. The van der Waals surface area contributed by atoms with Crippen LogP contribution < -0.4 is 4.90 Å². The molecule has 1 aromatic heterocycles. The van der Waals surface area contributed by atoms with Crippen molar-refractivity contribution in [1.29, 1.82) is 0 Å². The van der Waals surface area contributed by atoms with Gasteiger partial charge in [-0.05, 0) is 71.4 Å². The second-order valence-electron chi connectivity index (χ2n) is 10.4. The minimum atomic E-state index is 0. The summed E-state index contributed by atoms with van der Waals surface area (Å²) in [6, 6.07) is 46.1. The molecule has 0 bridgehead atoms. The maximum Gasteiger partial charge on any atom is 3.00 e. The number of fused-ring (bicyclic) bond motifs is 3. The topological polar surface area (TPSA) is 30.2 Å². The third-order valence-corrected chi connectivity index (χ3v) is 7.75. The van der Waals surface area contributed by atoms with Crippen LogP contribution in [0.4, 0.5) is 5.69 Å². The van der Waals surface area contributed by atoms with Crippen LogP contribution in [-0.4, -0.2) is 4.98 Å². The number of benzene rings is 5. The normalized spacial score (nSPS) is 14.0. The van der Waals surface area contributed by atoms with Crippen LogP contribution in [0.1, 0.15) is 22.9 Å². The van der Waals surface area contributed by atoms with Crippen molar-refractivity contribution in [1.82, 2.24) is 4.98 Å². The Morgan fingerprint density at radius 1 is 0.690 bits per heavy atom. The van der Waals surface area contributed by atoms with Crippen molar-refractivity contribution < 1.29 is 20.1 Å². The molecule has 1 aliphatic heterocycles. The van der Waals surface area contributed by atoms with E-state index in [4.69, 9.17) is 4.98 Å².